The van der Waals surface area contributed by atoms with Crippen molar-refractivity contribution in [3.8, 4) is 0 Å². The molecule has 3 rings (SSSR count). The summed E-state index contributed by atoms with van der Waals surface area (Å²) in [7, 11) is 1.91. The lowest BCUT2D eigenvalue weighted by atomic mass is 9.82. The van der Waals surface area contributed by atoms with Crippen LogP contribution in [0.4, 0.5) is 15.8 Å². The fraction of sp³-hybridized carbons (Fsp3) is 0.333. The lowest BCUT2D eigenvalue weighted by molar-refractivity contribution is 0.561. The van der Waals surface area contributed by atoms with Crippen LogP contribution in [0.5, 0.6) is 0 Å². The Morgan fingerprint density at radius 1 is 1.24 bits per heavy atom. The molecule has 0 aromatic heterocycles. The van der Waals surface area contributed by atoms with Crippen LogP contribution in [0.25, 0.3) is 0 Å². The molecule has 0 spiro atoms. The summed E-state index contributed by atoms with van der Waals surface area (Å²) in [6.45, 7) is 0.704. The maximum Gasteiger partial charge on any atom is 0.146 e. The fourth-order valence-electron chi connectivity index (χ4n) is 3.22. The number of anilines is 2. The zero-order valence-electron chi connectivity index (χ0n) is 12.3. The minimum atomic E-state index is -0.197. The minimum Gasteiger partial charge on any atom is -0.342 e. The van der Waals surface area contributed by atoms with Gasteiger partial charge >= 0.3 is 0 Å². The first-order valence-corrected chi connectivity index (χ1v) is 7.52. The molecule has 1 aliphatic carbocycles. The second kappa shape index (κ2) is 5.86. The highest BCUT2D eigenvalue weighted by atomic mass is 19.1. The van der Waals surface area contributed by atoms with Gasteiger partial charge in [-0.25, -0.2) is 4.39 Å². The number of nitrogens with two attached hydrogens (primary N) is 1. The van der Waals surface area contributed by atoms with E-state index >= 15 is 0 Å². The molecule has 0 fully saturated rings. The molecule has 0 radical (unpaired) electrons. The van der Waals surface area contributed by atoms with Crippen molar-refractivity contribution < 1.29 is 4.39 Å². The van der Waals surface area contributed by atoms with Gasteiger partial charge in [-0.05, 0) is 67.1 Å². The number of hydrogen-bond acceptors (Lipinski definition) is 2. The predicted octanol–water partition coefficient (Wildman–Crippen LogP) is 3.97. The van der Waals surface area contributed by atoms with Gasteiger partial charge < -0.3 is 10.6 Å². The summed E-state index contributed by atoms with van der Waals surface area (Å²) in [6, 6.07) is 13.3. The zero-order valence-corrected chi connectivity index (χ0v) is 12.3. The van der Waals surface area contributed by atoms with Crippen molar-refractivity contribution in [2.45, 2.75) is 25.2 Å². The Bertz CT molecular complexity index is 639. The van der Waals surface area contributed by atoms with Gasteiger partial charge in [0.2, 0.25) is 0 Å². The van der Waals surface area contributed by atoms with Crippen LogP contribution >= 0.6 is 0 Å². The van der Waals surface area contributed by atoms with E-state index < -0.39 is 0 Å². The fourth-order valence-corrected chi connectivity index (χ4v) is 3.22. The number of halogens is 1. The summed E-state index contributed by atoms with van der Waals surface area (Å²) in [5.41, 5.74) is 10.2. The van der Waals surface area contributed by atoms with E-state index in [1.165, 1.54) is 30.0 Å². The third kappa shape index (κ3) is 2.66. The Kier molecular flexibility index (Phi) is 3.93. The third-order valence-electron chi connectivity index (χ3n) is 4.45. The van der Waals surface area contributed by atoms with E-state index in [0.29, 0.717) is 18.2 Å². The van der Waals surface area contributed by atoms with Crippen molar-refractivity contribution in [1.29, 1.82) is 0 Å². The Morgan fingerprint density at radius 2 is 2.05 bits per heavy atom. The van der Waals surface area contributed by atoms with Gasteiger partial charge in [-0.2, -0.15) is 0 Å². The third-order valence-corrected chi connectivity index (χ3v) is 4.45. The average molecular weight is 284 g/mol. The van der Waals surface area contributed by atoms with Gasteiger partial charge in [-0.3, -0.25) is 0 Å². The molecule has 0 heterocycles. The molecule has 3 heteroatoms. The first-order valence-electron chi connectivity index (χ1n) is 7.52. The summed E-state index contributed by atoms with van der Waals surface area (Å²) >= 11 is 0. The van der Waals surface area contributed by atoms with Gasteiger partial charge in [0.25, 0.3) is 0 Å². The second-order valence-corrected chi connectivity index (χ2v) is 5.72. The summed E-state index contributed by atoms with van der Waals surface area (Å²) in [5, 5.41) is 0. The minimum absolute atomic E-state index is 0.197. The molecule has 0 saturated heterocycles. The lowest BCUT2D eigenvalue weighted by Crippen LogP contribution is -2.19. The predicted molar refractivity (Wildman–Crippen MR) is 85.6 cm³/mol. The van der Waals surface area contributed by atoms with E-state index in [1.807, 2.05) is 18.0 Å². The zero-order chi connectivity index (χ0) is 14.8. The Hall–Kier alpha value is -1.87. The van der Waals surface area contributed by atoms with Gasteiger partial charge in [-0.15, -0.1) is 0 Å². The van der Waals surface area contributed by atoms with Crippen LogP contribution in [0.15, 0.2) is 42.5 Å². The molecule has 1 atom stereocenters. The molecule has 110 valence electrons. The number of benzene rings is 2. The summed E-state index contributed by atoms with van der Waals surface area (Å²) in [4.78, 5) is 1.90. The molecule has 0 unspecified atom stereocenters. The molecule has 2 aromatic carbocycles. The van der Waals surface area contributed by atoms with E-state index in [1.54, 1.807) is 12.1 Å². The first-order chi connectivity index (χ1) is 10.2. The van der Waals surface area contributed by atoms with E-state index in [9.17, 15) is 4.39 Å². The van der Waals surface area contributed by atoms with Crippen LogP contribution in [0.3, 0.4) is 0 Å². The summed E-state index contributed by atoms with van der Waals surface area (Å²) in [5.74, 6) is 0.277. The van der Waals surface area contributed by atoms with Gasteiger partial charge in [-0.1, -0.05) is 18.2 Å². The molecule has 0 bridgehead atoms. The van der Waals surface area contributed by atoms with E-state index in [4.69, 9.17) is 5.73 Å². The number of aryl methyl sites for hydroxylation is 1. The molecule has 21 heavy (non-hydrogen) atoms. The quantitative estimate of drug-likeness (QED) is 0.924. The normalized spacial score (nSPS) is 17.4. The highest BCUT2D eigenvalue weighted by Gasteiger charge is 2.20. The number of rotatable bonds is 3. The average Bonchev–Trinajstić information content (AvgIpc) is 2.53. The van der Waals surface area contributed by atoms with Crippen LogP contribution in [-0.2, 0) is 6.42 Å². The van der Waals surface area contributed by atoms with Crippen LogP contribution in [-0.4, -0.2) is 13.6 Å². The van der Waals surface area contributed by atoms with Crippen LogP contribution in [0.2, 0.25) is 0 Å². The molecule has 2 N–H and O–H groups in total. The van der Waals surface area contributed by atoms with E-state index in [2.05, 4.69) is 18.2 Å². The largest absolute Gasteiger partial charge is 0.342 e. The van der Waals surface area contributed by atoms with E-state index in [0.717, 1.165) is 12.1 Å². The van der Waals surface area contributed by atoms with E-state index in [-0.39, 0.29) is 5.82 Å². The molecule has 0 amide bonds. The van der Waals surface area contributed by atoms with Crippen molar-refractivity contribution in [1.82, 2.24) is 0 Å². The highest BCUT2D eigenvalue weighted by molar-refractivity contribution is 5.64. The molecule has 2 nitrogen and oxygen atoms in total. The van der Waals surface area contributed by atoms with Crippen molar-refractivity contribution in [3.63, 3.8) is 0 Å². The topological polar surface area (TPSA) is 29.3 Å². The van der Waals surface area contributed by atoms with Crippen LogP contribution in [0.1, 0.15) is 29.9 Å². The van der Waals surface area contributed by atoms with Gasteiger partial charge in [0.05, 0.1) is 5.69 Å². The summed E-state index contributed by atoms with van der Waals surface area (Å²) < 4.78 is 13.9. The van der Waals surface area contributed by atoms with Crippen molar-refractivity contribution in [2.24, 2.45) is 5.73 Å². The van der Waals surface area contributed by atoms with Gasteiger partial charge in [0, 0.05) is 12.7 Å². The smallest absolute Gasteiger partial charge is 0.146 e. The highest BCUT2D eigenvalue weighted by Crippen LogP contribution is 2.35. The van der Waals surface area contributed by atoms with Gasteiger partial charge in [0.1, 0.15) is 5.82 Å². The van der Waals surface area contributed by atoms with Gasteiger partial charge in [0.15, 0.2) is 0 Å². The Labute approximate surface area is 125 Å². The van der Waals surface area contributed by atoms with Crippen molar-refractivity contribution >= 4 is 11.4 Å². The first kappa shape index (κ1) is 14.1. The molecule has 1 aliphatic rings. The summed E-state index contributed by atoms with van der Waals surface area (Å²) in [6.07, 6.45) is 3.44. The molecular formula is C18H21FN2. The standard InChI is InChI=1S/C18H21FN2/c1-21(18-8-3-2-7-17(18)19)15-9-10-16-13(11-15)5-4-6-14(16)12-20/h2-3,7-11,14H,4-6,12,20H2,1H3/t14-/m0/s1. The van der Waals surface area contributed by atoms with Crippen LogP contribution < -0.4 is 10.6 Å². The van der Waals surface area contributed by atoms with Crippen molar-refractivity contribution in [3.05, 3.63) is 59.4 Å². The number of nitrogens with zero attached hydrogens (tertiary/aromatic N) is 1. The Morgan fingerprint density at radius 3 is 2.81 bits per heavy atom. The molecule has 2 aromatic rings. The maximum atomic E-state index is 13.9. The lowest BCUT2D eigenvalue weighted by Gasteiger charge is -2.27. The molecule has 0 aliphatic heterocycles. The molecular weight excluding hydrogens is 263 g/mol. The SMILES string of the molecule is CN(c1ccc2c(c1)CCC[C@H]2CN)c1ccccc1F. The maximum absolute atomic E-state index is 13.9. The number of fused-ring (bicyclic) bond motifs is 1. The van der Waals surface area contributed by atoms with Crippen molar-refractivity contribution in [2.75, 3.05) is 18.5 Å². The molecule has 0 saturated carbocycles. The number of para-hydroxylation sites is 1. The monoisotopic (exact) mass is 284 g/mol. The number of hydrogen-bond donors (Lipinski definition) is 1. The van der Waals surface area contributed by atoms with Crippen LogP contribution in [0, 0.1) is 5.82 Å². The second-order valence-electron chi connectivity index (χ2n) is 5.72. The Balaban J connectivity index is 1.95.